The topological polar surface area (TPSA) is 73.8 Å². The number of sulfone groups is 1. The second-order valence-corrected chi connectivity index (χ2v) is 10.2. The van der Waals surface area contributed by atoms with Crippen LogP contribution in [0.1, 0.15) is 24.0 Å². The molecule has 1 atom stereocenters. The fourth-order valence-electron chi connectivity index (χ4n) is 3.76. The Kier molecular flexibility index (Phi) is 8.91. The minimum Gasteiger partial charge on any atom is -0.357 e. The highest BCUT2D eigenvalue weighted by atomic mass is 32.2. The van der Waals surface area contributed by atoms with E-state index >= 15 is 0 Å². The van der Waals surface area contributed by atoms with Crippen LogP contribution in [0.2, 0.25) is 0 Å². The van der Waals surface area contributed by atoms with Crippen LogP contribution in [-0.2, 0) is 16.3 Å². The summed E-state index contributed by atoms with van der Waals surface area (Å²) in [6.07, 6.45) is 0.940. The van der Waals surface area contributed by atoms with Gasteiger partial charge in [0, 0.05) is 45.2 Å². The Balaban J connectivity index is 1.59. The summed E-state index contributed by atoms with van der Waals surface area (Å²) in [4.78, 5) is 7.07. The molecule has 1 fully saturated rings. The average Bonchev–Trinajstić information content (AvgIpc) is 2.79. The van der Waals surface area contributed by atoms with Gasteiger partial charge in [-0.15, -0.1) is 0 Å². The lowest BCUT2D eigenvalue weighted by molar-refractivity contribution is 0.299. The lowest BCUT2D eigenvalue weighted by Crippen LogP contribution is -2.46. The van der Waals surface area contributed by atoms with Gasteiger partial charge >= 0.3 is 0 Å². The van der Waals surface area contributed by atoms with Crippen LogP contribution in [0.5, 0.6) is 0 Å². The van der Waals surface area contributed by atoms with E-state index in [2.05, 4.69) is 71.0 Å². The largest absolute Gasteiger partial charge is 0.357 e. The van der Waals surface area contributed by atoms with E-state index in [-0.39, 0.29) is 11.5 Å². The molecule has 1 saturated heterocycles. The van der Waals surface area contributed by atoms with Crippen molar-refractivity contribution < 1.29 is 8.42 Å². The predicted octanol–water partition coefficient (Wildman–Crippen LogP) is 2.30. The molecule has 0 radical (unpaired) electrons. The van der Waals surface area contributed by atoms with Gasteiger partial charge in [0.1, 0.15) is 0 Å². The fourth-order valence-corrected chi connectivity index (χ4v) is 5.04. The number of nitrogens with one attached hydrogen (secondary N) is 2. The van der Waals surface area contributed by atoms with Crippen molar-refractivity contribution >= 4 is 15.8 Å². The molecule has 2 N–H and O–H groups in total. The molecule has 2 aromatic rings. The number of hydrogen-bond donors (Lipinski definition) is 2. The Morgan fingerprint density at radius 2 is 1.65 bits per heavy atom. The molecule has 1 heterocycles. The SMILES string of the molecule is CCNC(=NCC(Cc1ccccc1)c1ccccc1)NCCN1CCS(=O)(=O)CC1. The molecular weight excluding hydrogens is 408 g/mol. The molecular formula is C24H34N4O2S. The van der Waals surface area contributed by atoms with Crippen LogP contribution in [0.3, 0.4) is 0 Å². The smallest absolute Gasteiger partial charge is 0.191 e. The maximum Gasteiger partial charge on any atom is 0.191 e. The summed E-state index contributed by atoms with van der Waals surface area (Å²) in [7, 11) is -2.83. The van der Waals surface area contributed by atoms with Crippen molar-refractivity contribution in [3.63, 3.8) is 0 Å². The van der Waals surface area contributed by atoms with Crippen molar-refractivity contribution in [3.05, 3.63) is 71.8 Å². The lowest BCUT2D eigenvalue weighted by Gasteiger charge is -2.26. The van der Waals surface area contributed by atoms with E-state index in [0.717, 1.165) is 32.0 Å². The quantitative estimate of drug-likeness (QED) is 0.461. The molecule has 1 aliphatic heterocycles. The van der Waals surface area contributed by atoms with Crippen molar-refractivity contribution in [2.24, 2.45) is 4.99 Å². The number of rotatable bonds is 9. The van der Waals surface area contributed by atoms with Crippen LogP contribution in [0.25, 0.3) is 0 Å². The Morgan fingerprint density at radius 3 is 2.29 bits per heavy atom. The molecule has 6 nitrogen and oxygen atoms in total. The van der Waals surface area contributed by atoms with Crippen molar-refractivity contribution in [1.29, 1.82) is 0 Å². The summed E-state index contributed by atoms with van der Waals surface area (Å²) in [6.45, 7) is 6.33. The summed E-state index contributed by atoms with van der Waals surface area (Å²) in [5.41, 5.74) is 2.60. The minimum absolute atomic E-state index is 0.263. The summed E-state index contributed by atoms with van der Waals surface area (Å²) in [5.74, 6) is 1.63. The van der Waals surface area contributed by atoms with Gasteiger partial charge in [0.2, 0.25) is 0 Å². The first-order valence-electron chi connectivity index (χ1n) is 11.1. The molecule has 1 unspecified atom stereocenters. The number of benzene rings is 2. The zero-order valence-electron chi connectivity index (χ0n) is 18.3. The number of hydrogen-bond acceptors (Lipinski definition) is 4. The predicted molar refractivity (Wildman–Crippen MR) is 128 cm³/mol. The third-order valence-electron chi connectivity index (χ3n) is 5.57. The normalized spacial score (nSPS) is 17.8. The number of aliphatic imine (C=N–C) groups is 1. The summed E-state index contributed by atoms with van der Waals surface area (Å²) < 4.78 is 23.2. The maximum atomic E-state index is 11.6. The van der Waals surface area contributed by atoms with E-state index in [0.29, 0.717) is 25.6 Å². The standard InChI is InChI=1S/C24H34N4O2S/c1-2-25-24(26-13-14-28-15-17-31(29,30)18-16-28)27-20-23(22-11-7-4-8-12-22)19-21-9-5-3-6-10-21/h3-12,23H,2,13-20H2,1H3,(H2,25,26,27). The Bertz CT molecular complexity index is 903. The second-order valence-electron chi connectivity index (χ2n) is 7.94. The molecule has 0 amide bonds. The summed E-state index contributed by atoms with van der Waals surface area (Å²) in [6, 6.07) is 21.1. The van der Waals surface area contributed by atoms with Crippen molar-refractivity contribution in [1.82, 2.24) is 15.5 Å². The van der Waals surface area contributed by atoms with E-state index in [1.807, 2.05) is 12.1 Å². The molecule has 31 heavy (non-hydrogen) atoms. The van der Waals surface area contributed by atoms with Gasteiger partial charge in [-0.25, -0.2) is 8.42 Å². The monoisotopic (exact) mass is 442 g/mol. The van der Waals surface area contributed by atoms with Crippen LogP contribution < -0.4 is 10.6 Å². The first-order valence-corrected chi connectivity index (χ1v) is 12.9. The average molecular weight is 443 g/mol. The zero-order valence-corrected chi connectivity index (χ0v) is 19.2. The number of nitrogens with zero attached hydrogens (tertiary/aromatic N) is 2. The molecule has 1 aliphatic rings. The van der Waals surface area contributed by atoms with E-state index in [9.17, 15) is 8.42 Å². The van der Waals surface area contributed by atoms with Gasteiger partial charge in [0.05, 0.1) is 11.5 Å². The maximum absolute atomic E-state index is 11.6. The molecule has 2 aromatic carbocycles. The van der Waals surface area contributed by atoms with E-state index < -0.39 is 9.84 Å². The van der Waals surface area contributed by atoms with Crippen LogP contribution in [-0.4, -0.2) is 70.1 Å². The van der Waals surface area contributed by atoms with Crippen LogP contribution in [0, 0.1) is 0 Å². The van der Waals surface area contributed by atoms with Gasteiger partial charge in [-0.1, -0.05) is 60.7 Å². The van der Waals surface area contributed by atoms with Crippen molar-refractivity contribution in [2.45, 2.75) is 19.3 Å². The van der Waals surface area contributed by atoms with Gasteiger partial charge in [-0.3, -0.25) is 9.89 Å². The molecule has 168 valence electrons. The van der Waals surface area contributed by atoms with E-state index in [1.165, 1.54) is 11.1 Å². The summed E-state index contributed by atoms with van der Waals surface area (Å²) in [5, 5.41) is 6.74. The van der Waals surface area contributed by atoms with Gasteiger partial charge < -0.3 is 10.6 Å². The Morgan fingerprint density at radius 1 is 1.00 bits per heavy atom. The summed E-state index contributed by atoms with van der Waals surface area (Å²) >= 11 is 0. The van der Waals surface area contributed by atoms with Crippen LogP contribution >= 0.6 is 0 Å². The highest BCUT2D eigenvalue weighted by molar-refractivity contribution is 7.91. The Labute approximate surface area is 186 Å². The molecule has 0 spiro atoms. The van der Waals surface area contributed by atoms with Gasteiger partial charge in [-0.2, -0.15) is 0 Å². The van der Waals surface area contributed by atoms with Crippen molar-refractivity contribution in [3.8, 4) is 0 Å². The van der Waals surface area contributed by atoms with Crippen molar-refractivity contribution in [2.75, 3.05) is 50.8 Å². The molecule has 0 saturated carbocycles. The third kappa shape index (κ3) is 7.99. The third-order valence-corrected chi connectivity index (χ3v) is 7.18. The van der Waals surface area contributed by atoms with Gasteiger partial charge in [0.15, 0.2) is 15.8 Å². The van der Waals surface area contributed by atoms with Gasteiger partial charge in [-0.05, 0) is 24.5 Å². The molecule has 7 heteroatoms. The highest BCUT2D eigenvalue weighted by Crippen LogP contribution is 2.21. The Hall–Kier alpha value is -2.38. The van der Waals surface area contributed by atoms with E-state index in [1.54, 1.807) is 0 Å². The lowest BCUT2D eigenvalue weighted by atomic mass is 9.92. The zero-order chi connectivity index (χ0) is 21.9. The van der Waals surface area contributed by atoms with Gasteiger partial charge in [0.25, 0.3) is 0 Å². The van der Waals surface area contributed by atoms with E-state index in [4.69, 9.17) is 4.99 Å². The molecule has 0 aliphatic carbocycles. The second kappa shape index (κ2) is 11.9. The molecule has 0 aromatic heterocycles. The first-order chi connectivity index (χ1) is 15.1. The van der Waals surface area contributed by atoms with Crippen LogP contribution in [0.15, 0.2) is 65.7 Å². The first kappa shape index (κ1) is 23.3. The number of guanidine groups is 1. The highest BCUT2D eigenvalue weighted by Gasteiger charge is 2.21. The minimum atomic E-state index is -2.83. The van der Waals surface area contributed by atoms with Crippen LogP contribution in [0.4, 0.5) is 0 Å². The molecule has 0 bridgehead atoms. The fraction of sp³-hybridized carbons (Fsp3) is 0.458. The molecule has 3 rings (SSSR count).